The summed E-state index contributed by atoms with van der Waals surface area (Å²) < 4.78 is 5.75. The van der Waals surface area contributed by atoms with E-state index in [2.05, 4.69) is 0 Å². The number of ether oxygens (including phenoxy) is 1. The van der Waals surface area contributed by atoms with Crippen LogP contribution >= 0.6 is 11.3 Å². The van der Waals surface area contributed by atoms with E-state index in [1.165, 1.54) is 29.4 Å². The zero-order valence-corrected chi connectivity index (χ0v) is 16.9. The highest BCUT2D eigenvalue weighted by Crippen LogP contribution is 2.18. The number of aromatic nitrogens is 1. The van der Waals surface area contributed by atoms with Gasteiger partial charge in [0.1, 0.15) is 0 Å². The SMILES string of the molecule is Cc1ccc(CN(CCc2ccccc2)C(=O)COC(=O)c2cc[n+]([O-])cc2)s1. The van der Waals surface area contributed by atoms with Gasteiger partial charge in [0.15, 0.2) is 19.0 Å². The highest BCUT2D eigenvalue weighted by atomic mass is 32.1. The molecule has 2 aromatic heterocycles. The second-order valence-corrected chi connectivity index (χ2v) is 7.96. The Morgan fingerprint density at radius 2 is 1.79 bits per heavy atom. The zero-order chi connectivity index (χ0) is 20.6. The van der Waals surface area contributed by atoms with Gasteiger partial charge in [-0.05, 0) is 31.0 Å². The minimum atomic E-state index is -0.631. The van der Waals surface area contributed by atoms with Crippen LogP contribution in [0.1, 0.15) is 25.7 Å². The average molecular weight is 410 g/mol. The molecule has 0 radical (unpaired) electrons. The molecule has 1 aromatic carbocycles. The summed E-state index contributed by atoms with van der Waals surface area (Å²) in [5.74, 6) is -0.885. The normalized spacial score (nSPS) is 10.5. The summed E-state index contributed by atoms with van der Waals surface area (Å²) in [4.78, 5) is 28.9. The number of hydrogen-bond donors (Lipinski definition) is 0. The van der Waals surface area contributed by atoms with Crippen LogP contribution in [0, 0.1) is 12.1 Å². The second-order valence-electron chi connectivity index (χ2n) is 6.59. The van der Waals surface area contributed by atoms with E-state index in [1.54, 1.807) is 16.2 Å². The van der Waals surface area contributed by atoms with Crippen LogP contribution in [0.15, 0.2) is 67.0 Å². The fraction of sp³-hybridized carbons (Fsp3) is 0.227. The first kappa shape index (κ1) is 20.5. The summed E-state index contributed by atoms with van der Waals surface area (Å²) in [6, 6.07) is 16.7. The minimum absolute atomic E-state index is 0.231. The van der Waals surface area contributed by atoms with E-state index in [0.29, 0.717) is 24.2 Å². The maximum absolute atomic E-state index is 12.8. The van der Waals surface area contributed by atoms with Crippen molar-refractivity contribution in [1.29, 1.82) is 0 Å². The molecule has 0 saturated heterocycles. The molecule has 6 nitrogen and oxygen atoms in total. The van der Waals surface area contributed by atoms with Gasteiger partial charge in [0.05, 0.1) is 12.1 Å². The Hall–Kier alpha value is -3.19. The molecular weight excluding hydrogens is 388 g/mol. The van der Waals surface area contributed by atoms with E-state index in [9.17, 15) is 14.8 Å². The van der Waals surface area contributed by atoms with Crippen molar-refractivity contribution in [3.8, 4) is 0 Å². The molecule has 0 N–H and O–H groups in total. The van der Waals surface area contributed by atoms with Gasteiger partial charge in [-0.3, -0.25) is 4.79 Å². The van der Waals surface area contributed by atoms with Crippen molar-refractivity contribution in [3.05, 3.63) is 93.1 Å². The number of thiophene rings is 1. The van der Waals surface area contributed by atoms with Gasteiger partial charge in [-0.2, -0.15) is 4.73 Å². The number of pyridine rings is 1. The Balaban J connectivity index is 1.62. The number of carbonyl (C=O) groups is 2. The molecule has 0 unspecified atom stereocenters. The van der Waals surface area contributed by atoms with E-state index in [0.717, 1.165) is 10.4 Å². The number of carbonyl (C=O) groups excluding carboxylic acids is 2. The van der Waals surface area contributed by atoms with Gasteiger partial charge in [-0.15, -0.1) is 11.3 Å². The number of nitrogens with zero attached hydrogens (tertiary/aromatic N) is 2. The molecule has 0 fully saturated rings. The first-order valence-corrected chi connectivity index (χ1v) is 10.1. The molecule has 1 amide bonds. The predicted molar refractivity (Wildman–Crippen MR) is 110 cm³/mol. The molecule has 150 valence electrons. The van der Waals surface area contributed by atoms with Gasteiger partial charge >= 0.3 is 5.97 Å². The quantitative estimate of drug-likeness (QED) is 0.325. The predicted octanol–water partition coefficient (Wildman–Crippen LogP) is 3.12. The van der Waals surface area contributed by atoms with Crippen LogP contribution in [0.4, 0.5) is 0 Å². The maximum Gasteiger partial charge on any atom is 0.339 e. The standard InChI is InChI=1S/C22H22N2O4S/c1-17-7-8-20(29-17)15-23(12-9-18-5-3-2-4-6-18)21(25)16-28-22(26)19-10-13-24(27)14-11-19/h2-8,10-11,13-14H,9,12,15-16H2,1H3. The molecule has 0 aliphatic heterocycles. The first-order chi connectivity index (χ1) is 14.0. The molecule has 29 heavy (non-hydrogen) atoms. The Bertz CT molecular complexity index is 954. The van der Waals surface area contributed by atoms with Crippen molar-refractivity contribution in [2.24, 2.45) is 0 Å². The van der Waals surface area contributed by atoms with Crippen molar-refractivity contribution < 1.29 is 19.1 Å². The fourth-order valence-electron chi connectivity index (χ4n) is 2.81. The van der Waals surface area contributed by atoms with Crippen molar-refractivity contribution in [3.63, 3.8) is 0 Å². The summed E-state index contributed by atoms with van der Waals surface area (Å²) in [6.07, 6.45) is 3.14. The van der Waals surface area contributed by atoms with Gasteiger partial charge in [0.2, 0.25) is 0 Å². The molecule has 3 rings (SSSR count). The third kappa shape index (κ3) is 6.15. The number of benzene rings is 1. The molecular formula is C22H22N2O4S. The monoisotopic (exact) mass is 410 g/mol. The van der Waals surface area contributed by atoms with E-state index in [1.807, 2.05) is 49.4 Å². The van der Waals surface area contributed by atoms with Gasteiger partial charge in [0, 0.05) is 28.4 Å². The van der Waals surface area contributed by atoms with Crippen molar-refractivity contribution in [2.75, 3.05) is 13.2 Å². The number of hydrogen-bond acceptors (Lipinski definition) is 5. The fourth-order valence-corrected chi connectivity index (χ4v) is 3.72. The number of rotatable bonds is 8. The molecule has 3 aromatic rings. The Kier molecular flexibility index (Phi) is 6.97. The van der Waals surface area contributed by atoms with Crippen LogP contribution in [-0.2, 0) is 22.5 Å². The molecule has 2 heterocycles. The molecule has 7 heteroatoms. The van der Waals surface area contributed by atoms with Gasteiger partial charge < -0.3 is 14.8 Å². The zero-order valence-electron chi connectivity index (χ0n) is 16.1. The first-order valence-electron chi connectivity index (χ1n) is 9.24. The van der Waals surface area contributed by atoms with Crippen LogP contribution in [-0.4, -0.2) is 29.9 Å². The Morgan fingerprint density at radius 1 is 1.07 bits per heavy atom. The lowest BCUT2D eigenvalue weighted by atomic mass is 10.1. The van der Waals surface area contributed by atoms with Crippen LogP contribution in [0.2, 0.25) is 0 Å². The topological polar surface area (TPSA) is 73.5 Å². The Labute approximate surface area is 173 Å². The summed E-state index contributed by atoms with van der Waals surface area (Å²) in [6.45, 7) is 2.68. The smallest absolute Gasteiger partial charge is 0.339 e. The van der Waals surface area contributed by atoms with Crippen LogP contribution < -0.4 is 4.73 Å². The number of amides is 1. The summed E-state index contributed by atoms with van der Waals surface area (Å²) in [5.41, 5.74) is 1.37. The molecule has 0 aliphatic carbocycles. The summed E-state index contributed by atoms with van der Waals surface area (Å²) in [5, 5.41) is 11.1. The van der Waals surface area contributed by atoms with Crippen molar-refractivity contribution >= 4 is 23.2 Å². The van der Waals surface area contributed by atoms with E-state index >= 15 is 0 Å². The van der Waals surface area contributed by atoms with Gasteiger partial charge in [0.25, 0.3) is 5.91 Å². The van der Waals surface area contributed by atoms with Gasteiger partial charge in [-0.25, -0.2) is 4.79 Å². The highest BCUT2D eigenvalue weighted by molar-refractivity contribution is 7.11. The molecule has 0 saturated carbocycles. The lowest BCUT2D eigenvalue weighted by molar-refractivity contribution is -0.605. The summed E-state index contributed by atoms with van der Waals surface area (Å²) >= 11 is 1.64. The number of esters is 1. The summed E-state index contributed by atoms with van der Waals surface area (Å²) in [7, 11) is 0. The largest absolute Gasteiger partial charge is 0.619 e. The lowest BCUT2D eigenvalue weighted by Gasteiger charge is -2.22. The second kappa shape index (κ2) is 9.84. The van der Waals surface area contributed by atoms with Crippen LogP contribution in [0.25, 0.3) is 0 Å². The van der Waals surface area contributed by atoms with Gasteiger partial charge in [-0.1, -0.05) is 30.3 Å². The lowest BCUT2D eigenvalue weighted by Crippen LogP contribution is -2.35. The molecule has 0 aliphatic rings. The van der Waals surface area contributed by atoms with E-state index in [4.69, 9.17) is 4.74 Å². The van der Waals surface area contributed by atoms with E-state index in [-0.39, 0.29) is 18.1 Å². The molecule has 0 atom stereocenters. The maximum atomic E-state index is 12.8. The molecule has 0 bridgehead atoms. The Morgan fingerprint density at radius 3 is 2.45 bits per heavy atom. The minimum Gasteiger partial charge on any atom is -0.619 e. The average Bonchev–Trinajstić information content (AvgIpc) is 3.15. The number of aryl methyl sites for hydroxylation is 1. The third-order valence-corrected chi connectivity index (χ3v) is 5.36. The highest BCUT2D eigenvalue weighted by Gasteiger charge is 2.18. The van der Waals surface area contributed by atoms with Crippen molar-refractivity contribution in [2.45, 2.75) is 19.9 Å². The third-order valence-electron chi connectivity index (χ3n) is 4.37. The van der Waals surface area contributed by atoms with E-state index < -0.39 is 5.97 Å². The van der Waals surface area contributed by atoms with Crippen LogP contribution in [0.5, 0.6) is 0 Å². The molecule has 0 spiro atoms. The van der Waals surface area contributed by atoms with Crippen molar-refractivity contribution in [1.82, 2.24) is 4.90 Å². The van der Waals surface area contributed by atoms with Crippen LogP contribution in [0.3, 0.4) is 0 Å².